The topological polar surface area (TPSA) is 67.4 Å². The van der Waals surface area contributed by atoms with Gasteiger partial charge in [-0.3, -0.25) is 0 Å². The zero-order chi connectivity index (χ0) is 22.9. The van der Waals surface area contributed by atoms with E-state index in [9.17, 15) is 0 Å². The van der Waals surface area contributed by atoms with Gasteiger partial charge in [-0.05, 0) is 44.4 Å². The lowest BCUT2D eigenvalue weighted by molar-refractivity contribution is 0.369. The molecule has 7 nitrogen and oxygen atoms in total. The van der Waals surface area contributed by atoms with E-state index in [1.807, 2.05) is 12.1 Å². The molecule has 0 amide bonds. The van der Waals surface area contributed by atoms with Crippen molar-refractivity contribution in [3.05, 3.63) is 47.5 Å². The molecule has 2 aromatic carbocycles. The number of hydrogen-bond acceptors (Lipinski definition) is 5. The van der Waals surface area contributed by atoms with Gasteiger partial charge in [0.1, 0.15) is 17.2 Å². The van der Waals surface area contributed by atoms with E-state index in [2.05, 4.69) is 53.6 Å². The monoisotopic (exact) mass is 568 g/mol. The van der Waals surface area contributed by atoms with Crippen LogP contribution in [0.15, 0.2) is 41.4 Å². The summed E-state index contributed by atoms with van der Waals surface area (Å²) in [6.45, 7) is 7.67. The van der Waals surface area contributed by atoms with Crippen LogP contribution in [0.1, 0.15) is 43.9 Å². The van der Waals surface area contributed by atoms with Gasteiger partial charge in [-0.1, -0.05) is 12.1 Å². The number of nitrogens with one attached hydrogen (secondary N) is 2. The van der Waals surface area contributed by atoms with Crippen LogP contribution in [0, 0.1) is 0 Å². The number of rotatable bonds is 9. The first-order valence-corrected chi connectivity index (χ1v) is 11.3. The molecule has 3 rings (SSSR count). The lowest BCUT2D eigenvalue weighted by atomic mass is 10.1. The Labute approximate surface area is 214 Å². The molecule has 0 spiro atoms. The van der Waals surface area contributed by atoms with Gasteiger partial charge in [0, 0.05) is 37.5 Å². The third-order valence-corrected chi connectivity index (χ3v) is 5.75. The minimum absolute atomic E-state index is 0. The Bertz CT molecular complexity index is 891. The Hall–Kier alpha value is -2.36. The molecule has 0 radical (unpaired) electrons. The summed E-state index contributed by atoms with van der Waals surface area (Å²) in [7, 11) is 4.90. The van der Waals surface area contributed by atoms with Crippen molar-refractivity contribution >= 4 is 35.6 Å². The number of ether oxygens (including phenoxy) is 3. The van der Waals surface area contributed by atoms with Crippen molar-refractivity contribution in [1.82, 2.24) is 10.6 Å². The van der Waals surface area contributed by atoms with Crippen LogP contribution >= 0.6 is 24.0 Å². The van der Waals surface area contributed by atoms with Crippen LogP contribution < -0.4 is 29.7 Å². The van der Waals surface area contributed by atoms with Gasteiger partial charge >= 0.3 is 0 Å². The molecule has 2 N–H and O–H groups in total. The van der Waals surface area contributed by atoms with Gasteiger partial charge in [0.25, 0.3) is 0 Å². The van der Waals surface area contributed by atoms with Gasteiger partial charge in [-0.2, -0.15) is 0 Å². The highest BCUT2D eigenvalue weighted by Crippen LogP contribution is 2.34. The van der Waals surface area contributed by atoms with Gasteiger partial charge in [-0.15, -0.1) is 24.0 Å². The summed E-state index contributed by atoms with van der Waals surface area (Å²) >= 11 is 0. The summed E-state index contributed by atoms with van der Waals surface area (Å²) in [6.07, 6.45) is 2.54. The number of nitrogens with zero attached hydrogens (tertiary/aromatic N) is 2. The predicted octanol–water partition coefficient (Wildman–Crippen LogP) is 4.75. The molecule has 0 saturated carbocycles. The molecule has 0 bridgehead atoms. The highest BCUT2D eigenvalue weighted by molar-refractivity contribution is 14.0. The van der Waals surface area contributed by atoms with E-state index < -0.39 is 0 Å². The summed E-state index contributed by atoms with van der Waals surface area (Å²) in [5.41, 5.74) is 3.40. The maximum Gasteiger partial charge on any atom is 0.192 e. The molecule has 1 saturated heterocycles. The number of aliphatic imine (C=N–C) groups is 1. The molecule has 1 heterocycles. The van der Waals surface area contributed by atoms with Crippen LogP contribution in [0.25, 0.3) is 0 Å². The minimum atomic E-state index is 0. The first-order chi connectivity index (χ1) is 15.6. The third kappa shape index (κ3) is 7.06. The van der Waals surface area contributed by atoms with Crippen molar-refractivity contribution in [3.8, 4) is 17.2 Å². The first kappa shape index (κ1) is 26.9. The minimum Gasteiger partial charge on any atom is -0.496 e. The summed E-state index contributed by atoms with van der Waals surface area (Å²) in [5, 5.41) is 6.88. The predicted molar refractivity (Wildman–Crippen MR) is 146 cm³/mol. The van der Waals surface area contributed by atoms with Crippen LogP contribution in [0.3, 0.4) is 0 Å². The van der Waals surface area contributed by atoms with E-state index in [1.54, 1.807) is 21.3 Å². The van der Waals surface area contributed by atoms with Crippen molar-refractivity contribution in [3.63, 3.8) is 0 Å². The van der Waals surface area contributed by atoms with E-state index >= 15 is 0 Å². The van der Waals surface area contributed by atoms with Crippen LogP contribution in [0.4, 0.5) is 5.69 Å². The smallest absolute Gasteiger partial charge is 0.192 e. The van der Waals surface area contributed by atoms with Crippen molar-refractivity contribution in [2.75, 3.05) is 45.9 Å². The number of anilines is 1. The molecule has 0 aliphatic carbocycles. The zero-order valence-corrected chi connectivity index (χ0v) is 22.6. The molecule has 182 valence electrons. The fourth-order valence-corrected chi connectivity index (χ4v) is 3.97. The molecule has 1 atom stereocenters. The van der Waals surface area contributed by atoms with Crippen molar-refractivity contribution in [2.24, 2.45) is 4.99 Å². The van der Waals surface area contributed by atoms with Crippen molar-refractivity contribution < 1.29 is 14.2 Å². The summed E-state index contributed by atoms with van der Waals surface area (Å²) in [6, 6.07) is 12.6. The fraction of sp³-hybridized carbons (Fsp3) is 0.480. The summed E-state index contributed by atoms with van der Waals surface area (Å²) in [5.74, 6) is 2.80. The lowest BCUT2D eigenvalue weighted by Crippen LogP contribution is -2.38. The Morgan fingerprint density at radius 3 is 2.27 bits per heavy atom. The molecule has 33 heavy (non-hydrogen) atoms. The molecule has 2 aromatic rings. The standard InChI is InChI=1S/C25H36N4O3.HI/c1-6-26-25(27-17-22-23(31-4)15-21(30-3)16-24(22)32-5)28-18(2)19-10-9-11-20(14-19)29-12-7-8-13-29;/h9-11,14-16,18H,6-8,12-13,17H2,1-5H3,(H2,26,27,28);1H. The van der Waals surface area contributed by atoms with Gasteiger partial charge < -0.3 is 29.7 Å². The molecular formula is C25H37IN4O3. The molecule has 1 aliphatic heterocycles. The van der Waals surface area contributed by atoms with Crippen LogP contribution in [-0.4, -0.2) is 46.9 Å². The Morgan fingerprint density at radius 2 is 1.70 bits per heavy atom. The quantitative estimate of drug-likeness (QED) is 0.259. The zero-order valence-electron chi connectivity index (χ0n) is 20.3. The molecule has 1 unspecified atom stereocenters. The SMILES string of the molecule is CCNC(=NCc1c(OC)cc(OC)cc1OC)NC(C)c1cccc(N2CCCC2)c1.I. The van der Waals surface area contributed by atoms with E-state index in [0.29, 0.717) is 23.8 Å². The average Bonchev–Trinajstić information content (AvgIpc) is 3.37. The maximum atomic E-state index is 5.56. The normalized spacial score (nSPS) is 14.3. The van der Waals surface area contributed by atoms with Gasteiger partial charge in [0.2, 0.25) is 0 Å². The van der Waals surface area contributed by atoms with Crippen LogP contribution in [-0.2, 0) is 6.54 Å². The second kappa shape index (κ2) is 13.4. The van der Waals surface area contributed by atoms with E-state index in [1.165, 1.54) is 24.1 Å². The van der Waals surface area contributed by atoms with Crippen molar-refractivity contribution in [2.45, 2.75) is 39.3 Å². The van der Waals surface area contributed by atoms with Gasteiger partial charge in [-0.25, -0.2) is 4.99 Å². The number of halogens is 1. The number of hydrogen-bond donors (Lipinski definition) is 2. The number of benzene rings is 2. The molecular weight excluding hydrogens is 531 g/mol. The molecule has 0 aromatic heterocycles. The number of methoxy groups -OCH3 is 3. The highest BCUT2D eigenvalue weighted by Gasteiger charge is 2.16. The largest absolute Gasteiger partial charge is 0.496 e. The molecule has 1 fully saturated rings. The average molecular weight is 569 g/mol. The second-order valence-electron chi connectivity index (χ2n) is 7.86. The Balaban J connectivity index is 0.00000385. The summed E-state index contributed by atoms with van der Waals surface area (Å²) in [4.78, 5) is 7.26. The maximum absolute atomic E-state index is 5.56. The third-order valence-electron chi connectivity index (χ3n) is 5.75. The van der Waals surface area contributed by atoms with Crippen LogP contribution in [0.2, 0.25) is 0 Å². The van der Waals surface area contributed by atoms with Gasteiger partial charge in [0.15, 0.2) is 5.96 Å². The fourth-order valence-electron chi connectivity index (χ4n) is 3.97. The van der Waals surface area contributed by atoms with Crippen molar-refractivity contribution in [1.29, 1.82) is 0 Å². The molecule has 8 heteroatoms. The van der Waals surface area contributed by atoms with Gasteiger partial charge in [0.05, 0.1) is 39.5 Å². The van der Waals surface area contributed by atoms with E-state index in [-0.39, 0.29) is 30.0 Å². The molecule has 1 aliphatic rings. The van der Waals surface area contributed by atoms with E-state index in [0.717, 1.165) is 31.2 Å². The Kier molecular flexibility index (Phi) is 10.9. The van der Waals surface area contributed by atoms with Crippen LogP contribution in [0.5, 0.6) is 17.2 Å². The first-order valence-electron chi connectivity index (χ1n) is 11.3. The summed E-state index contributed by atoms with van der Waals surface area (Å²) < 4.78 is 16.5. The Morgan fingerprint density at radius 1 is 1.03 bits per heavy atom. The lowest BCUT2D eigenvalue weighted by Gasteiger charge is -2.22. The van der Waals surface area contributed by atoms with E-state index in [4.69, 9.17) is 19.2 Å². The number of guanidine groups is 1. The highest BCUT2D eigenvalue weighted by atomic mass is 127. The second-order valence-corrected chi connectivity index (χ2v) is 7.86.